The molecule has 0 aliphatic heterocycles. The van der Waals surface area contributed by atoms with Gasteiger partial charge in [0.05, 0.1) is 42.7 Å². The van der Waals surface area contributed by atoms with Gasteiger partial charge in [0.15, 0.2) is 23.0 Å². The fraction of sp³-hybridized carbons (Fsp3) is 0.273. The first-order valence-corrected chi connectivity index (χ1v) is 9.19. The number of carbonyl (C=O) groups is 2. The van der Waals surface area contributed by atoms with E-state index in [1.165, 1.54) is 60.9 Å². The third-order valence-corrected chi connectivity index (χ3v) is 4.40. The minimum absolute atomic E-state index is 0.108. The molecular weight excluding hydrogens is 422 g/mol. The maximum atomic E-state index is 12.8. The fourth-order valence-electron chi connectivity index (χ4n) is 2.91. The molecule has 0 aliphatic carbocycles. The summed E-state index contributed by atoms with van der Waals surface area (Å²) >= 11 is 0. The van der Waals surface area contributed by atoms with Gasteiger partial charge in [-0.25, -0.2) is 4.79 Å². The van der Waals surface area contributed by atoms with Gasteiger partial charge in [0.2, 0.25) is 11.5 Å². The van der Waals surface area contributed by atoms with Gasteiger partial charge in [-0.05, 0) is 35.9 Å². The van der Waals surface area contributed by atoms with Crippen LogP contribution < -0.4 is 33.7 Å². The normalized spacial score (nSPS) is 10.8. The van der Waals surface area contributed by atoms with Crippen molar-refractivity contribution in [3.63, 3.8) is 0 Å². The van der Waals surface area contributed by atoms with Crippen molar-refractivity contribution in [2.75, 3.05) is 42.7 Å². The van der Waals surface area contributed by atoms with Gasteiger partial charge in [0.25, 0.3) is 5.91 Å². The number of rotatable bonds is 10. The van der Waals surface area contributed by atoms with E-state index in [1.54, 1.807) is 12.1 Å². The SMILES string of the molecule is COc1cc(/C=C(/NC(=O)c2cc(OC)c(OC)c(OC)c2)C(=O)O)cc(OC)c1OC. The number of hydrogen-bond acceptors (Lipinski definition) is 8. The van der Waals surface area contributed by atoms with Crippen LogP contribution in [0.4, 0.5) is 0 Å². The van der Waals surface area contributed by atoms with Crippen LogP contribution in [0.2, 0.25) is 0 Å². The molecule has 0 heterocycles. The van der Waals surface area contributed by atoms with Crippen LogP contribution in [0.1, 0.15) is 15.9 Å². The van der Waals surface area contributed by atoms with E-state index in [9.17, 15) is 14.7 Å². The van der Waals surface area contributed by atoms with E-state index in [2.05, 4.69) is 5.32 Å². The lowest BCUT2D eigenvalue weighted by atomic mass is 10.1. The predicted octanol–water partition coefficient (Wildman–Crippen LogP) is 2.59. The van der Waals surface area contributed by atoms with Crippen LogP contribution >= 0.6 is 0 Å². The monoisotopic (exact) mass is 447 g/mol. The molecule has 10 heteroatoms. The lowest BCUT2D eigenvalue weighted by Crippen LogP contribution is -2.27. The molecule has 1 amide bonds. The topological polar surface area (TPSA) is 122 Å². The second-order valence-electron chi connectivity index (χ2n) is 6.19. The van der Waals surface area contributed by atoms with Crippen LogP contribution in [0.15, 0.2) is 30.0 Å². The molecule has 2 aromatic rings. The second-order valence-corrected chi connectivity index (χ2v) is 6.19. The van der Waals surface area contributed by atoms with Crippen molar-refractivity contribution in [1.29, 1.82) is 0 Å². The van der Waals surface area contributed by atoms with Gasteiger partial charge in [-0.1, -0.05) is 0 Å². The van der Waals surface area contributed by atoms with Crippen molar-refractivity contribution in [2.24, 2.45) is 0 Å². The zero-order valence-corrected chi connectivity index (χ0v) is 18.6. The molecule has 0 saturated heterocycles. The van der Waals surface area contributed by atoms with Gasteiger partial charge in [0, 0.05) is 5.56 Å². The van der Waals surface area contributed by atoms with Gasteiger partial charge in [0.1, 0.15) is 5.70 Å². The number of amides is 1. The van der Waals surface area contributed by atoms with E-state index in [4.69, 9.17) is 28.4 Å². The highest BCUT2D eigenvalue weighted by atomic mass is 16.5. The first-order valence-electron chi connectivity index (χ1n) is 9.19. The molecule has 0 aromatic heterocycles. The Hall–Kier alpha value is -4.08. The number of methoxy groups -OCH3 is 6. The maximum Gasteiger partial charge on any atom is 0.352 e. The molecule has 0 aliphatic rings. The van der Waals surface area contributed by atoms with E-state index in [0.29, 0.717) is 28.6 Å². The van der Waals surface area contributed by atoms with Crippen LogP contribution in [-0.2, 0) is 4.79 Å². The summed E-state index contributed by atoms with van der Waals surface area (Å²) in [6.45, 7) is 0. The Morgan fingerprint density at radius 2 is 1.12 bits per heavy atom. The largest absolute Gasteiger partial charge is 0.493 e. The molecule has 0 spiro atoms. The predicted molar refractivity (Wildman–Crippen MR) is 115 cm³/mol. The standard InChI is InChI=1S/C22H25NO9/c1-27-15-8-12(9-16(28-2)19(15)31-5)7-14(22(25)26)23-21(24)13-10-17(29-3)20(32-6)18(11-13)30-4/h7-11H,1-6H3,(H,23,24)(H,25,26)/b14-7+. The van der Waals surface area contributed by atoms with E-state index < -0.39 is 11.9 Å². The lowest BCUT2D eigenvalue weighted by molar-refractivity contribution is -0.132. The van der Waals surface area contributed by atoms with E-state index in [1.807, 2.05) is 0 Å². The maximum absolute atomic E-state index is 12.8. The summed E-state index contributed by atoms with van der Waals surface area (Å²) in [5.74, 6) is -0.212. The van der Waals surface area contributed by atoms with E-state index in [-0.39, 0.29) is 22.8 Å². The zero-order valence-electron chi connectivity index (χ0n) is 18.6. The van der Waals surface area contributed by atoms with Crippen molar-refractivity contribution < 1.29 is 43.1 Å². The van der Waals surface area contributed by atoms with Crippen molar-refractivity contribution in [3.8, 4) is 34.5 Å². The van der Waals surface area contributed by atoms with Crippen molar-refractivity contribution in [1.82, 2.24) is 5.32 Å². The molecular formula is C22H25NO9. The molecule has 0 fully saturated rings. The Bertz CT molecular complexity index is 980. The molecule has 2 aromatic carbocycles. The minimum atomic E-state index is -1.35. The number of benzene rings is 2. The molecule has 0 atom stereocenters. The number of carbonyl (C=O) groups excluding carboxylic acids is 1. The summed E-state index contributed by atoms with van der Waals surface area (Å²) in [4.78, 5) is 24.6. The first-order chi connectivity index (χ1) is 15.3. The average Bonchev–Trinajstić information content (AvgIpc) is 2.81. The Morgan fingerprint density at radius 3 is 1.47 bits per heavy atom. The third kappa shape index (κ3) is 5.15. The van der Waals surface area contributed by atoms with Crippen LogP contribution in [0.3, 0.4) is 0 Å². The summed E-state index contributed by atoms with van der Waals surface area (Å²) in [5.41, 5.74) is 0.136. The first kappa shape index (κ1) is 24.2. The van der Waals surface area contributed by atoms with Gasteiger partial charge in [-0.2, -0.15) is 0 Å². The molecule has 0 bridgehead atoms. The smallest absolute Gasteiger partial charge is 0.352 e. The summed E-state index contributed by atoms with van der Waals surface area (Å²) in [5, 5.41) is 12.0. The van der Waals surface area contributed by atoms with Crippen LogP contribution in [-0.4, -0.2) is 59.6 Å². The van der Waals surface area contributed by atoms with Crippen LogP contribution in [0, 0.1) is 0 Å². The molecule has 32 heavy (non-hydrogen) atoms. The van der Waals surface area contributed by atoms with Gasteiger partial charge in [-0.3, -0.25) is 4.79 Å². The Morgan fingerprint density at radius 1 is 0.719 bits per heavy atom. The second kappa shape index (κ2) is 10.8. The van der Waals surface area contributed by atoms with E-state index in [0.717, 1.165) is 0 Å². The highest BCUT2D eigenvalue weighted by Gasteiger charge is 2.20. The number of ether oxygens (including phenoxy) is 6. The quantitative estimate of drug-likeness (QED) is 0.529. The number of aliphatic carboxylic acids is 1. The van der Waals surface area contributed by atoms with Gasteiger partial charge >= 0.3 is 5.97 Å². The van der Waals surface area contributed by atoms with Crippen LogP contribution in [0.5, 0.6) is 34.5 Å². The molecule has 10 nitrogen and oxygen atoms in total. The molecule has 2 N–H and O–H groups in total. The van der Waals surface area contributed by atoms with Crippen LogP contribution in [0.25, 0.3) is 6.08 Å². The third-order valence-electron chi connectivity index (χ3n) is 4.40. The molecule has 0 saturated carbocycles. The zero-order chi connectivity index (χ0) is 23.8. The minimum Gasteiger partial charge on any atom is -0.493 e. The summed E-state index contributed by atoms with van der Waals surface area (Å²) in [7, 11) is 8.58. The summed E-state index contributed by atoms with van der Waals surface area (Å²) < 4.78 is 31.5. The van der Waals surface area contributed by atoms with Crippen molar-refractivity contribution in [3.05, 3.63) is 41.1 Å². The Labute approximate surface area is 185 Å². The van der Waals surface area contributed by atoms with Gasteiger partial charge in [-0.15, -0.1) is 0 Å². The van der Waals surface area contributed by atoms with Crippen molar-refractivity contribution >= 4 is 18.0 Å². The molecule has 172 valence electrons. The summed E-state index contributed by atoms with van der Waals surface area (Å²) in [6.07, 6.45) is 1.27. The lowest BCUT2D eigenvalue weighted by Gasteiger charge is -2.15. The number of carboxylic acid groups (broad SMARTS) is 1. The number of nitrogens with one attached hydrogen (secondary N) is 1. The summed E-state index contributed by atoms with van der Waals surface area (Å²) in [6, 6.07) is 5.93. The van der Waals surface area contributed by atoms with Crippen molar-refractivity contribution in [2.45, 2.75) is 0 Å². The average molecular weight is 447 g/mol. The van der Waals surface area contributed by atoms with Gasteiger partial charge < -0.3 is 38.8 Å². The Kier molecular flexibility index (Phi) is 8.17. The molecule has 0 radical (unpaired) electrons. The Balaban J connectivity index is 2.46. The molecule has 2 rings (SSSR count). The highest BCUT2D eigenvalue weighted by molar-refractivity contribution is 6.03. The molecule has 0 unspecified atom stereocenters. The van der Waals surface area contributed by atoms with E-state index >= 15 is 0 Å². The number of carboxylic acids is 1. The fourth-order valence-corrected chi connectivity index (χ4v) is 2.91. The number of hydrogen-bond donors (Lipinski definition) is 2. The highest BCUT2D eigenvalue weighted by Crippen LogP contribution is 2.39.